The van der Waals surface area contributed by atoms with Crippen molar-refractivity contribution in [3.63, 3.8) is 0 Å². The van der Waals surface area contributed by atoms with E-state index < -0.39 is 0 Å². The molecule has 3 nitrogen and oxygen atoms in total. The minimum Gasteiger partial charge on any atom is -0.307 e. The van der Waals surface area contributed by atoms with Gasteiger partial charge in [-0.1, -0.05) is 158 Å². The fraction of sp³-hybridized carbons (Fsp3) is 0. The zero-order chi connectivity index (χ0) is 36.3. The van der Waals surface area contributed by atoms with E-state index in [2.05, 4.69) is 226 Å². The van der Waals surface area contributed by atoms with E-state index in [-0.39, 0.29) is 0 Å². The summed E-state index contributed by atoms with van der Waals surface area (Å²) in [6, 6.07) is 76.9. The van der Waals surface area contributed by atoms with Gasteiger partial charge in [-0.25, -0.2) is 0 Å². The lowest BCUT2D eigenvalue weighted by atomic mass is 10.0. The number of aromatic nitrogens is 3. The normalized spacial score (nSPS) is 11.6. The molecule has 11 rings (SSSR count). The highest BCUT2D eigenvalue weighted by Crippen LogP contribution is 2.47. The third-order valence-electron chi connectivity index (χ3n) is 11.0. The maximum atomic E-state index is 2.55. The molecule has 0 bridgehead atoms. The summed E-state index contributed by atoms with van der Waals surface area (Å²) in [4.78, 5) is 0. The van der Waals surface area contributed by atoms with Crippen LogP contribution in [0.5, 0.6) is 0 Å². The molecular formula is C52H35N3. The molecule has 0 saturated carbocycles. The lowest BCUT2D eigenvalue weighted by Crippen LogP contribution is -2.04. The van der Waals surface area contributed by atoms with Gasteiger partial charge in [-0.05, 0) is 76.9 Å². The predicted octanol–water partition coefficient (Wildman–Crippen LogP) is 13.7. The van der Waals surface area contributed by atoms with Crippen LogP contribution in [0, 0.1) is 0 Å². The van der Waals surface area contributed by atoms with Crippen molar-refractivity contribution in [2.75, 3.05) is 0 Å². The van der Waals surface area contributed by atoms with Crippen LogP contribution in [0.3, 0.4) is 0 Å². The minimum atomic E-state index is 1.12. The number of rotatable bonds is 6. The lowest BCUT2D eigenvalue weighted by molar-refractivity contribution is 1.06. The molecule has 0 saturated heterocycles. The second-order valence-corrected chi connectivity index (χ2v) is 14.2. The summed E-state index contributed by atoms with van der Waals surface area (Å²) in [5.74, 6) is 0. The number of para-hydroxylation sites is 3. The third kappa shape index (κ3) is 4.91. The average Bonchev–Trinajstić information content (AvgIpc) is 3.90. The SMILES string of the molecule is c1ccc(-c2ccc3c(c2)c2c4cc(-c5ccccc5)ccc4n(-c4c(-c5ccccc5)n(-c5ccccc5)c5ccccc45)c2n3-c2ccccc2)cc1. The van der Waals surface area contributed by atoms with Crippen LogP contribution in [0.1, 0.15) is 0 Å². The van der Waals surface area contributed by atoms with Crippen molar-refractivity contribution in [3.8, 4) is 50.6 Å². The van der Waals surface area contributed by atoms with Gasteiger partial charge in [-0.3, -0.25) is 9.13 Å². The van der Waals surface area contributed by atoms with Crippen LogP contribution >= 0.6 is 0 Å². The Kier molecular flexibility index (Phi) is 7.17. The van der Waals surface area contributed by atoms with E-state index in [4.69, 9.17) is 0 Å². The van der Waals surface area contributed by atoms with Crippen LogP contribution in [-0.4, -0.2) is 13.7 Å². The van der Waals surface area contributed by atoms with Crippen molar-refractivity contribution in [3.05, 3.63) is 212 Å². The Morgan fingerprint density at radius 3 is 1.24 bits per heavy atom. The van der Waals surface area contributed by atoms with E-state index in [1.165, 1.54) is 49.3 Å². The Morgan fingerprint density at radius 2 is 0.691 bits per heavy atom. The summed E-state index contributed by atoms with van der Waals surface area (Å²) in [5, 5.41) is 4.87. The fourth-order valence-electron chi connectivity index (χ4n) is 8.64. The number of hydrogen-bond acceptors (Lipinski definition) is 0. The van der Waals surface area contributed by atoms with Gasteiger partial charge in [-0.2, -0.15) is 0 Å². The molecule has 0 aliphatic heterocycles. The van der Waals surface area contributed by atoms with Crippen LogP contribution < -0.4 is 0 Å². The van der Waals surface area contributed by atoms with Crippen LogP contribution in [-0.2, 0) is 0 Å². The molecule has 3 aromatic heterocycles. The Labute approximate surface area is 319 Å². The molecule has 0 N–H and O–H groups in total. The highest BCUT2D eigenvalue weighted by Gasteiger charge is 2.28. The first-order valence-corrected chi connectivity index (χ1v) is 18.9. The van der Waals surface area contributed by atoms with E-state index in [0.29, 0.717) is 0 Å². The van der Waals surface area contributed by atoms with Crippen molar-refractivity contribution in [1.29, 1.82) is 0 Å². The second kappa shape index (κ2) is 12.6. The van der Waals surface area contributed by atoms with Crippen molar-refractivity contribution in [1.82, 2.24) is 13.7 Å². The third-order valence-corrected chi connectivity index (χ3v) is 11.0. The minimum absolute atomic E-state index is 1.12. The van der Waals surface area contributed by atoms with Gasteiger partial charge in [0.1, 0.15) is 5.65 Å². The second-order valence-electron chi connectivity index (χ2n) is 14.2. The summed E-state index contributed by atoms with van der Waals surface area (Å²) in [6.45, 7) is 0. The van der Waals surface area contributed by atoms with Gasteiger partial charge in [0, 0.05) is 38.5 Å². The van der Waals surface area contributed by atoms with E-state index in [0.717, 1.165) is 45.0 Å². The Morgan fingerprint density at radius 1 is 0.273 bits per heavy atom. The molecule has 0 aliphatic carbocycles. The zero-order valence-electron chi connectivity index (χ0n) is 30.0. The molecule has 0 atom stereocenters. The topological polar surface area (TPSA) is 14.8 Å². The summed E-state index contributed by atoms with van der Waals surface area (Å²) in [6.07, 6.45) is 0. The quantitative estimate of drug-likeness (QED) is 0.164. The summed E-state index contributed by atoms with van der Waals surface area (Å²) < 4.78 is 7.47. The molecule has 0 unspecified atom stereocenters. The van der Waals surface area contributed by atoms with Gasteiger partial charge in [-0.15, -0.1) is 0 Å². The standard InChI is InChI=1S/C52H35N3/c1-6-18-36(19-7-1)39-30-32-47-44(34-39)49-45-35-40(37-20-8-2-9-21-37)31-33-48(45)55(52(49)54(47)42-26-14-5-15-27-42)51-43-28-16-17-29-46(43)53(41-24-12-4-13-25-41)50(51)38-22-10-3-11-23-38/h1-35H. The van der Waals surface area contributed by atoms with Crippen molar-refractivity contribution < 1.29 is 0 Å². The molecule has 3 heterocycles. The summed E-state index contributed by atoms with van der Waals surface area (Å²) >= 11 is 0. The molecule has 258 valence electrons. The van der Waals surface area contributed by atoms with Crippen LogP contribution in [0.4, 0.5) is 0 Å². The predicted molar refractivity (Wildman–Crippen MR) is 231 cm³/mol. The Bertz CT molecular complexity index is 3150. The number of fused-ring (bicyclic) bond motifs is 6. The molecule has 0 fully saturated rings. The van der Waals surface area contributed by atoms with Gasteiger partial charge < -0.3 is 4.57 Å². The van der Waals surface area contributed by atoms with Gasteiger partial charge in [0.05, 0.1) is 27.9 Å². The zero-order valence-corrected chi connectivity index (χ0v) is 30.0. The van der Waals surface area contributed by atoms with Crippen molar-refractivity contribution in [2.24, 2.45) is 0 Å². The molecular weight excluding hydrogens is 667 g/mol. The number of hydrogen-bond donors (Lipinski definition) is 0. The van der Waals surface area contributed by atoms with Crippen LogP contribution in [0.15, 0.2) is 212 Å². The first-order valence-electron chi connectivity index (χ1n) is 18.9. The highest BCUT2D eigenvalue weighted by atomic mass is 15.2. The van der Waals surface area contributed by atoms with Gasteiger partial charge in [0.15, 0.2) is 0 Å². The molecule has 3 heteroatoms. The highest BCUT2D eigenvalue weighted by molar-refractivity contribution is 6.24. The molecule has 8 aromatic carbocycles. The van der Waals surface area contributed by atoms with Crippen LogP contribution in [0.25, 0.3) is 94.3 Å². The first-order chi connectivity index (χ1) is 27.3. The molecule has 0 spiro atoms. The monoisotopic (exact) mass is 701 g/mol. The molecule has 55 heavy (non-hydrogen) atoms. The average molecular weight is 702 g/mol. The molecule has 0 aliphatic rings. The Balaban J connectivity index is 1.38. The van der Waals surface area contributed by atoms with Gasteiger partial charge in [0.2, 0.25) is 0 Å². The van der Waals surface area contributed by atoms with E-state index >= 15 is 0 Å². The lowest BCUT2D eigenvalue weighted by Gasteiger charge is -2.17. The van der Waals surface area contributed by atoms with Crippen LogP contribution in [0.2, 0.25) is 0 Å². The first kappa shape index (κ1) is 31.2. The molecule has 11 aromatic rings. The van der Waals surface area contributed by atoms with Crippen molar-refractivity contribution in [2.45, 2.75) is 0 Å². The van der Waals surface area contributed by atoms with Crippen molar-refractivity contribution >= 4 is 43.7 Å². The molecule has 0 amide bonds. The summed E-state index contributed by atoms with van der Waals surface area (Å²) in [7, 11) is 0. The maximum Gasteiger partial charge on any atom is 0.131 e. The number of benzene rings is 8. The molecule has 0 radical (unpaired) electrons. The van der Waals surface area contributed by atoms with E-state index in [9.17, 15) is 0 Å². The Hall–Kier alpha value is -7.36. The van der Waals surface area contributed by atoms with Gasteiger partial charge in [0.25, 0.3) is 0 Å². The van der Waals surface area contributed by atoms with E-state index in [1.54, 1.807) is 0 Å². The van der Waals surface area contributed by atoms with Gasteiger partial charge >= 0.3 is 0 Å². The largest absolute Gasteiger partial charge is 0.307 e. The summed E-state index contributed by atoms with van der Waals surface area (Å²) in [5.41, 5.74) is 15.1. The number of nitrogens with zero attached hydrogens (tertiary/aromatic N) is 3. The smallest absolute Gasteiger partial charge is 0.131 e. The fourth-order valence-corrected chi connectivity index (χ4v) is 8.64. The maximum absolute atomic E-state index is 2.55. The van der Waals surface area contributed by atoms with E-state index in [1.807, 2.05) is 0 Å².